The summed E-state index contributed by atoms with van der Waals surface area (Å²) < 4.78 is 27.7. The number of anilines is 1. The fraction of sp³-hybridized carbons (Fsp3) is 0.588. The zero-order valence-electron chi connectivity index (χ0n) is 13.4. The Hall–Kier alpha value is -1.40. The topological polar surface area (TPSA) is 57.7 Å². The number of nitrogens with zero attached hydrogens (tertiary/aromatic N) is 2. The van der Waals surface area contributed by atoms with E-state index >= 15 is 0 Å². The maximum absolute atomic E-state index is 13.0. The van der Waals surface area contributed by atoms with Crippen LogP contribution in [0.25, 0.3) is 0 Å². The summed E-state index contributed by atoms with van der Waals surface area (Å²) in [5, 5.41) is 0. The predicted molar refractivity (Wildman–Crippen MR) is 88.0 cm³/mol. The molecular formula is C17H22N2O3S. The van der Waals surface area contributed by atoms with Gasteiger partial charge < -0.3 is 4.90 Å². The summed E-state index contributed by atoms with van der Waals surface area (Å²) in [4.78, 5) is 14.2. The Labute approximate surface area is 137 Å². The minimum Gasteiger partial charge on any atom is -0.312 e. The molecule has 23 heavy (non-hydrogen) atoms. The summed E-state index contributed by atoms with van der Waals surface area (Å²) >= 11 is 0. The molecule has 0 aromatic heterocycles. The highest BCUT2D eigenvalue weighted by atomic mass is 32.2. The van der Waals surface area contributed by atoms with Crippen molar-refractivity contribution in [1.29, 1.82) is 0 Å². The van der Waals surface area contributed by atoms with Crippen LogP contribution in [0.2, 0.25) is 0 Å². The first kappa shape index (κ1) is 15.1. The molecule has 1 saturated heterocycles. The molecule has 1 aromatic rings. The Kier molecular flexibility index (Phi) is 3.50. The van der Waals surface area contributed by atoms with Crippen molar-refractivity contribution in [3.8, 4) is 0 Å². The SMILES string of the molecule is C[C@H]1CCCN(S(=O)(=O)c2cc3c4c(c2)CCN4C(=O)CC3)C1. The van der Waals surface area contributed by atoms with Crippen LogP contribution in [0.1, 0.15) is 37.3 Å². The number of carbonyl (C=O) groups is 1. The van der Waals surface area contributed by atoms with E-state index in [4.69, 9.17) is 0 Å². The minimum absolute atomic E-state index is 0.164. The van der Waals surface area contributed by atoms with Gasteiger partial charge in [-0.1, -0.05) is 6.92 Å². The lowest BCUT2D eigenvalue weighted by molar-refractivity contribution is -0.118. The molecule has 0 radical (unpaired) electrons. The van der Waals surface area contributed by atoms with Crippen molar-refractivity contribution in [3.05, 3.63) is 23.3 Å². The van der Waals surface area contributed by atoms with Crippen LogP contribution in [0, 0.1) is 5.92 Å². The van der Waals surface area contributed by atoms with E-state index < -0.39 is 10.0 Å². The first-order valence-electron chi connectivity index (χ1n) is 8.43. The molecule has 3 aliphatic heterocycles. The fourth-order valence-electron chi connectivity index (χ4n) is 4.09. The standard InChI is InChI=1S/C17H22N2O3S/c1-12-3-2-7-18(11-12)23(21,22)15-9-13-4-5-16(20)19-8-6-14(10-15)17(13)19/h9-10,12H,2-8,11H2,1H3/t12-/m0/s1. The zero-order valence-corrected chi connectivity index (χ0v) is 14.2. The van der Waals surface area contributed by atoms with Gasteiger partial charge in [0.25, 0.3) is 0 Å². The highest BCUT2D eigenvalue weighted by Crippen LogP contribution is 2.39. The molecule has 1 amide bonds. The third-order valence-electron chi connectivity index (χ3n) is 5.28. The van der Waals surface area contributed by atoms with Crippen LogP contribution in [0.3, 0.4) is 0 Å². The number of aryl methyl sites for hydroxylation is 1. The van der Waals surface area contributed by atoms with Crippen LogP contribution in [0.15, 0.2) is 17.0 Å². The Morgan fingerprint density at radius 2 is 1.83 bits per heavy atom. The van der Waals surface area contributed by atoms with Gasteiger partial charge in [0.15, 0.2) is 0 Å². The van der Waals surface area contributed by atoms with Gasteiger partial charge in [-0.05, 0) is 54.9 Å². The summed E-state index contributed by atoms with van der Waals surface area (Å²) in [6.45, 7) is 4.02. The molecule has 1 aromatic carbocycles. The van der Waals surface area contributed by atoms with Gasteiger partial charge in [0.2, 0.25) is 15.9 Å². The molecule has 0 saturated carbocycles. The second-order valence-corrected chi connectivity index (χ2v) is 8.93. The minimum atomic E-state index is -3.43. The highest BCUT2D eigenvalue weighted by molar-refractivity contribution is 7.89. The molecule has 6 heteroatoms. The van der Waals surface area contributed by atoms with E-state index in [0.29, 0.717) is 43.3 Å². The van der Waals surface area contributed by atoms with E-state index in [-0.39, 0.29) is 5.91 Å². The van der Waals surface area contributed by atoms with E-state index in [9.17, 15) is 13.2 Å². The molecule has 0 unspecified atom stereocenters. The van der Waals surface area contributed by atoms with E-state index in [1.165, 1.54) is 0 Å². The van der Waals surface area contributed by atoms with E-state index in [1.54, 1.807) is 16.4 Å². The first-order valence-corrected chi connectivity index (χ1v) is 9.87. The van der Waals surface area contributed by atoms with Crippen molar-refractivity contribution >= 4 is 21.6 Å². The number of hydrogen-bond acceptors (Lipinski definition) is 3. The monoisotopic (exact) mass is 334 g/mol. The first-order chi connectivity index (χ1) is 11.0. The summed E-state index contributed by atoms with van der Waals surface area (Å²) in [5.74, 6) is 0.580. The number of carbonyl (C=O) groups excluding carboxylic acids is 1. The van der Waals surface area contributed by atoms with Crippen LogP contribution in [0.5, 0.6) is 0 Å². The van der Waals surface area contributed by atoms with Crippen LogP contribution >= 0.6 is 0 Å². The normalized spacial score (nSPS) is 24.8. The molecule has 1 fully saturated rings. The van der Waals surface area contributed by atoms with Gasteiger partial charge in [0.05, 0.1) is 10.6 Å². The summed E-state index contributed by atoms with van der Waals surface area (Å²) in [6, 6.07) is 3.60. The lowest BCUT2D eigenvalue weighted by Crippen LogP contribution is -2.39. The molecule has 4 rings (SSSR count). The van der Waals surface area contributed by atoms with E-state index in [1.807, 2.05) is 4.90 Å². The van der Waals surface area contributed by atoms with Gasteiger partial charge in [-0.25, -0.2) is 8.42 Å². The zero-order chi connectivity index (χ0) is 16.2. The molecule has 0 aliphatic carbocycles. The Balaban J connectivity index is 1.75. The molecule has 5 nitrogen and oxygen atoms in total. The Morgan fingerprint density at radius 1 is 1.09 bits per heavy atom. The number of rotatable bonds is 2. The second-order valence-electron chi connectivity index (χ2n) is 7.00. The fourth-order valence-corrected chi connectivity index (χ4v) is 5.79. The molecule has 0 bridgehead atoms. The number of sulfonamides is 1. The van der Waals surface area contributed by atoms with E-state index in [0.717, 1.165) is 36.1 Å². The Bertz CT molecular complexity index is 772. The molecular weight excluding hydrogens is 312 g/mol. The average molecular weight is 334 g/mol. The van der Waals surface area contributed by atoms with Crippen molar-refractivity contribution in [2.24, 2.45) is 5.92 Å². The Morgan fingerprint density at radius 3 is 2.57 bits per heavy atom. The average Bonchev–Trinajstić information content (AvgIpc) is 2.96. The third-order valence-corrected chi connectivity index (χ3v) is 7.13. The predicted octanol–water partition coefficient (Wildman–Crippen LogP) is 1.94. The van der Waals surface area contributed by atoms with Gasteiger partial charge in [0, 0.05) is 26.1 Å². The summed E-state index contributed by atoms with van der Waals surface area (Å²) in [7, 11) is -3.43. The van der Waals surface area contributed by atoms with Gasteiger partial charge in [-0.3, -0.25) is 4.79 Å². The maximum Gasteiger partial charge on any atom is 0.243 e. The smallest absolute Gasteiger partial charge is 0.243 e. The van der Waals surface area contributed by atoms with Crippen molar-refractivity contribution < 1.29 is 13.2 Å². The maximum atomic E-state index is 13.0. The van der Waals surface area contributed by atoms with Gasteiger partial charge >= 0.3 is 0 Å². The lowest BCUT2D eigenvalue weighted by Gasteiger charge is -2.31. The van der Waals surface area contributed by atoms with Gasteiger partial charge in [0.1, 0.15) is 0 Å². The highest BCUT2D eigenvalue weighted by Gasteiger charge is 2.35. The molecule has 0 spiro atoms. The van der Waals surface area contributed by atoms with Gasteiger partial charge in [-0.15, -0.1) is 0 Å². The van der Waals surface area contributed by atoms with Gasteiger partial charge in [-0.2, -0.15) is 4.31 Å². The lowest BCUT2D eigenvalue weighted by atomic mass is 10.00. The molecule has 124 valence electrons. The molecule has 0 N–H and O–H groups in total. The summed E-state index contributed by atoms with van der Waals surface area (Å²) in [5.41, 5.74) is 3.01. The van der Waals surface area contributed by atoms with Crippen LogP contribution in [-0.2, 0) is 27.7 Å². The number of benzene rings is 1. The van der Waals surface area contributed by atoms with Crippen LogP contribution in [0.4, 0.5) is 5.69 Å². The van der Waals surface area contributed by atoms with Crippen molar-refractivity contribution in [1.82, 2.24) is 4.31 Å². The van der Waals surface area contributed by atoms with Crippen LogP contribution in [-0.4, -0.2) is 38.3 Å². The number of hydrogen-bond donors (Lipinski definition) is 0. The summed E-state index contributed by atoms with van der Waals surface area (Å²) in [6.07, 6.45) is 3.92. The van der Waals surface area contributed by atoms with Crippen molar-refractivity contribution in [2.75, 3.05) is 24.5 Å². The second kappa shape index (κ2) is 5.31. The van der Waals surface area contributed by atoms with Crippen molar-refractivity contribution in [3.63, 3.8) is 0 Å². The van der Waals surface area contributed by atoms with Crippen LogP contribution < -0.4 is 4.90 Å². The van der Waals surface area contributed by atoms with E-state index in [2.05, 4.69) is 6.92 Å². The molecule has 3 aliphatic rings. The largest absolute Gasteiger partial charge is 0.312 e. The molecule has 1 atom stereocenters. The third kappa shape index (κ3) is 2.39. The quantitative estimate of drug-likeness (QED) is 0.830. The number of piperidine rings is 1. The molecule has 3 heterocycles. The number of amides is 1. The van der Waals surface area contributed by atoms with Crippen molar-refractivity contribution in [2.45, 2.75) is 43.9 Å².